The monoisotopic (exact) mass is 366 g/mol. The Morgan fingerprint density at radius 3 is 2.52 bits per heavy atom. The molecule has 2 heterocycles. The van der Waals surface area contributed by atoms with Gasteiger partial charge in [-0.2, -0.15) is 13.2 Å². The van der Waals surface area contributed by atoms with Gasteiger partial charge in [-0.05, 0) is 31.2 Å². The molecule has 0 amide bonds. The van der Waals surface area contributed by atoms with Gasteiger partial charge < -0.3 is 10.0 Å². The van der Waals surface area contributed by atoms with Crippen LogP contribution in [0.25, 0.3) is 0 Å². The van der Waals surface area contributed by atoms with E-state index in [4.69, 9.17) is 11.6 Å². The summed E-state index contributed by atoms with van der Waals surface area (Å²) in [5.74, 6) is 0.522. The fourth-order valence-electron chi connectivity index (χ4n) is 3.51. The third-order valence-electron chi connectivity index (χ3n) is 4.65. The van der Waals surface area contributed by atoms with Crippen LogP contribution in [0.3, 0.4) is 0 Å². The van der Waals surface area contributed by atoms with Crippen LogP contribution >= 0.6 is 11.6 Å². The molecule has 3 nitrogen and oxygen atoms in total. The standard InChI is InChI=1S/C18H14ClF3N2O/c1-10-9-24-16(23-10)14-7-4-12(18(20,21)22)8-15(14)17(24,25)11-2-5-13(19)6-3-11/h2-8,10,25H,9H2,1H3. The number of halogens is 4. The Kier molecular flexibility index (Phi) is 3.43. The number of aliphatic imine (C=N–C) groups is 1. The molecule has 0 saturated heterocycles. The summed E-state index contributed by atoms with van der Waals surface area (Å²) >= 11 is 5.92. The normalized spacial score (nSPS) is 25.0. The molecule has 0 fully saturated rings. The molecular formula is C18H14ClF3N2O. The fraction of sp³-hybridized carbons (Fsp3) is 0.278. The number of rotatable bonds is 1. The molecule has 130 valence electrons. The Hall–Kier alpha value is -2.05. The van der Waals surface area contributed by atoms with E-state index in [-0.39, 0.29) is 11.6 Å². The van der Waals surface area contributed by atoms with E-state index in [1.165, 1.54) is 6.07 Å². The number of nitrogens with zero attached hydrogens (tertiary/aromatic N) is 2. The Morgan fingerprint density at radius 1 is 1.20 bits per heavy atom. The topological polar surface area (TPSA) is 35.8 Å². The van der Waals surface area contributed by atoms with Crippen LogP contribution in [0.4, 0.5) is 13.2 Å². The average Bonchev–Trinajstić information content (AvgIpc) is 3.04. The van der Waals surface area contributed by atoms with E-state index in [1.807, 2.05) is 6.92 Å². The molecule has 0 spiro atoms. The molecule has 0 aromatic heterocycles. The van der Waals surface area contributed by atoms with Crippen LogP contribution in [0, 0.1) is 0 Å². The largest absolute Gasteiger partial charge is 0.416 e. The molecule has 2 unspecified atom stereocenters. The quantitative estimate of drug-likeness (QED) is 0.827. The summed E-state index contributed by atoms with van der Waals surface area (Å²) in [6.45, 7) is 2.32. The first-order chi connectivity index (χ1) is 11.7. The van der Waals surface area contributed by atoms with Gasteiger partial charge in [0.2, 0.25) is 0 Å². The second-order valence-electron chi connectivity index (χ2n) is 6.35. The maximum Gasteiger partial charge on any atom is 0.416 e. The highest BCUT2D eigenvalue weighted by atomic mass is 35.5. The SMILES string of the molecule is CC1CN2C(=N1)c1ccc(C(F)(F)F)cc1C2(O)c1ccc(Cl)cc1. The summed E-state index contributed by atoms with van der Waals surface area (Å²) in [5, 5.41) is 12.0. The molecule has 7 heteroatoms. The molecule has 4 rings (SSSR count). The lowest BCUT2D eigenvalue weighted by Gasteiger charge is -2.34. The first kappa shape index (κ1) is 16.4. The Morgan fingerprint density at radius 2 is 1.88 bits per heavy atom. The van der Waals surface area contributed by atoms with E-state index in [9.17, 15) is 18.3 Å². The Bertz CT molecular complexity index is 879. The van der Waals surface area contributed by atoms with Crippen molar-refractivity contribution in [2.24, 2.45) is 4.99 Å². The van der Waals surface area contributed by atoms with Crippen molar-refractivity contribution >= 4 is 17.4 Å². The first-order valence-electron chi connectivity index (χ1n) is 7.77. The predicted octanol–water partition coefficient (Wildman–Crippen LogP) is 4.02. The molecule has 0 saturated carbocycles. The molecule has 1 N–H and O–H groups in total. The van der Waals surface area contributed by atoms with E-state index in [0.717, 1.165) is 12.1 Å². The summed E-state index contributed by atoms with van der Waals surface area (Å²) in [4.78, 5) is 6.16. The third-order valence-corrected chi connectivity index (χ3v) is 4.90. The lowest BCUT2D eigenvalue weighted by molar-refractivity contribution is -0.137. The van der Waals surface area contributed by atoms with E-state index < -0.39 is 17.5 Å². The minimum absolute atomic E-state index is 0.0516. The lowest BCUT2D eigenvalue weighted by Crippen LogP contribution is -2.44. The summed E-state index contributed by atoms with van der Waals surface area (Å²) in [5.41, 5.74) is -1.33. The van der Waals surface area contributed by atoms with E-state index in [1.54, 1.807) is 29.2 Å². The summed E-state index contributed by atoms with van der Waals surface area (Å²) in [6.07, 6.45) is -4.49. The Balaban J connectivity index is 1.96. The van der Waals surface area contributed by atoms with Crippen molar-refractivity contribution < 1.29 is 18.3 Å². The minimum atomic E-state index is -4.49. The number of amidine groups is 1. The van der Waals surface area contributed by atoms with Crippen LogP contribution in [0.5, 0.6) is 0 Å². The van der Waals surface area contributed by atoms with Crippen LogP contribution in [0.1, 0.15) is 29.2 Å². The molecule has 2 atom stereocenters. The second kappa shape index (κ2) is 5.22. The average molecular weight is 367 g/mol. The molecule has 2 aromatic carbocycles. The minimum Gasteiger partial charge on any atom is -0.363 e. The van der Waals surface area contributed by atoms with Crippen molar-refractivity contribution in [2.45, 2.75) is 24.9 Å². The fourth-order valence-corrected chi connectivity index (χ4v) is 3.64. The maximum atomic E-state index is 13.2. The zero-order valence-electron chi connectivity index (χ0n) is 13.2. The zero-order valence-corrected chi connectivity index (χ0v) is 13.9. The molecule has 0 bridgehead atoms. The van der Waals surface area contributed by atoms with Crippen molar-refractivity contribution in [3.63, 3.8) is 0 Å². The molecule has 2 aliphatic heterocycles. The molecule has 0 radical (unpaired) electrons. The van der Waals surface area contributed by atoms with Crippen molar-refractivity contribution in [2.75, 3.05) is 6.54 Å². The van der Waals surface area contributed by atoms with Crippen LogP contribution < -0.4 is 0 Å². The van der Waals surface area contributed by atoms with Crippen LogP contribution in [-0.2, 0) is 11.9 Å². The van der Waals surface area contributed by atoms with Crippen LogP contribution in [0.15, 0.2) is 47.5 Å². The third kappa shape index (κ3) is 2.35. The van der Waals surface area contributed by atoms with E-state index in [0.29, 0.717) is 28.5 Å². The number of benzene rings is 2. The van der Waals surface area contributed by atoms with Gasteiger partial charge in [0.05, 0.1) is 11.6 Å². The molecular weight excluding hydrogens is 353 g/mol. The number of aliphatic hydroxyl groups is 1. The number of hydrogen-bond donors (Lipinski definition) is 1. The summed E-state index contributed by atoms with van der Waals surface area (Å²) in [7, 11) is 0. The maximum absolute atomic E-state index is 13.2. The van der Waals surface area contributed by atoms with Gasteiger partial charge in [0.25, 0.3) is 0 Å². The van der Waals surface area contributed by atoms with Crippen molar-refractivity contribution in [1.82, 2.24) is 4.90 Å². The second-order valence-corrected chi connectivity index (χ2v) is 6.79. The molecule has 25 heavy (non-hydrogen) atoms. The van der Waals surface area contributed by atoms with Gasteiger partial charge in [0, 0.05) is 28.3 Å². The molecule has 2 aromatic rings. The molecule has 0 aliphatic carbocycles. The highest BCUT2D eigenvalue weighted by Crippen LogP contribution is 2.46. The van der Waals surface area contributed by atoms with Gasteiger partial charge in [-0.1, -0.05) is 29.8 Å². The van der Waals surface area contributed by atoms with Crippen molar-refractivity contribution in [1.29, 1.82) is 0 Å². The van der Waals surface area contributed by atoms with Crippen LogP contribution in [-0.4, -0.2) is 28.4 Å². The zero-order chi connectivity index (χ0) is 18.0. The van der Waals surface area contributed by atoms with Crippen LogP contribution in [0.2, 0.25) is 5.02 Å². The smallest absolute Gasteiger partial charge is 0.363 e. The Labute approximate surface area is 147 Å². The number of alkyl halides is 3. The van der Waals surface area contributed by atoms with Gasteiger partial charge in [-0.25, -0.2) is 0 Å². The number of hydrogen-bond acceptors (Lipinski definition) is 3. The van der Waals surface area contributed by atoms with Gasteiger partial charge in [0.1, 0.15) is 5.84 Å². The summed E-state index contributed by atoms with van der Waals surface area (Å²) in [6, 6.07) is 9.83. The highest BCUT2D eigenvalue weighted by molar-refractivity contribution is 6.30. The summed E-state index contributed by atoms with van der Waals surface area (Å²) < 4.78 is 39.5. The van der Waals surface area contributed by atoms with Gasteiger partial charge in [0.15, 0.2) is 5.72 Å². The van der Waals surface area contributed by atoms with Gasteiger partial charge >= 0.3 is 6.18 Å². The molecule has 2 aliphatic rings. The van der Waals surface area contributed by atoms with E-state index >= 15 is 0 Å². The number of fused-ring (bicyclic) bond motifs is 3. The van der Waals surface area contributed by atoms with Gasteiger partial charge in [-0.15, -0.1) is 0 Å². The first-order valence-corrected chi connectivity index (χ1v) is 8.15. The van der Waals surface area contributed by atoms with Gasteiger partial charge in [-0.3, -0.25) is 4.99 Å². The van der Waals surface area contributed by atoms with Crippen molar-refractivity contribution in [3.05, 3.63) is 69.7 Å². The predicted molar refractivity (Wildman–Crippen MR) is 88.6 cm³/mol. The van der Waals surface area contributed by atoms with Crippen molar-refractivity contribution in [3.8, 4) is 0 Å². The lowest BCUT2D eigenvalue weighted by atomic mass is 9.92. The highest BCUT2D eigenvalue weighted by Gasteiger charge is 2.51. The van der Waals surface area contributed by atoms with E-state index in [2.05, 4.69) is 4.99 Å².